The Hall–Kier alpha value is -3.10. The van der Waals surface area contributed by atoms with Crippen LogP contribution in [0, 0.1) is 5.92 Å². The molecule has 1 amide bonds. The number of aromatic nitrogens is 4. The molecular weight excluding hydrogens is 444 g/mol. The van der Waals surface area contributed by atoms with Crippen LogP contribution < -0.4 is 0 Å². The second kappa shape index (κ2) is 10.4. The highest BCUT2D eigenvalue weighted by atomic mass is 32.1. The molecule has 1 aliphatic rings. The molecule has 34 heavy (non-hydrogen) atoms. The van der Waals surface area contributed by atoms with Crippen LogP contribution in [0.15, 0.2) is 67.0 Å². The Balaban J connectivity index is 1.25. The minimum atomic E-state index is 0.109. The van der Waals surface area contributed by atoms with Crippen molar-refractivity contribution in [2.45, 2.75) is 38.4 Å². The summed E-state index contributed by atoms with van der Waals surface area (Å²) >= 11 is 1.27. The summed E-state index contributed by atoms with van der Waals surface area (Å²) in [5.41, 5.74) is 4.52. The van der Waals surface area contributed by atoms with E-state index in [1.807, 2.05) is 30.3 Å². The summed E-state index contributed by atoms with van der Waals surface area (Å²) in [5, 5.41) is 4.21. The smallest absolute Gasteiger partial charge is 0.244 e. The van der Waals surface area contributed by atoms with Gasteiger partial charge in [0, 0.05) is 32.0 Å². The van der Waals surface area contributed by atoms with E-state index >= 15 is 0 Å². The van der Waals surface area contributed by atoms with E-state index in [4.69, 9.17) is 0 Å². The molecule has 3 heterocycles. The number of rotatable bonds is 8. The van der Waals surface area contributed by atoms with Crippen molar-refractivity contribution >= 4 is 28.7 Å². The summed E-state index contributed by atoms with van der Waals surface area (Å²) in [6, 6.07) is 18.9. The van der Waals surface area contributed by atoms with Crippen LogP contribution >= 0.6 is 11.7 Å². The number of benzene rings is 2. The number of hydrogen-bond acceptors (Lipinski definition) is 6. The number of piperidine rings is 1. The van der Waals surface area contributed by atoms with E-state index in [0.717, 1.165) is 49.9 Å². The van der Waals surface area contributed by atoms with Gasteiger partial charge in [0.05, 0.1) is 11.7 Å². The van der Waals surface area contributed by atoms with E-state index in [-0.39, 0.29) is 18.5 Å². The third-order valence-electron chi connectivity index (χ3n) is 6.94. The summed E-state index contributed by atoms with van der Waals surface area (Å²) in [6.07, 6.45) is 6.59. The summed E-state index contributed by atoms with van der Waals surface area (Å²) in [4.78, 5) is 17.6. The first-order chi connectivity index (χ1) is 16.7. The maximum atomic E-state index is 13.1. The first-order valence-corrected chi connectivity index (χ1v) is 12.6. The second-order valence-electron chi connectivity index (χ2n) is 9.17. The van der Waals surface area contributed by atoms with Gasteiger partial charge in [-0.05, 0) is 67.6 Å². The minimum Gasteiger partial charge on any atom is -0.341 e. The first-order valence-electron chi connectivity index (χ1n) is 11.9. The summed E-state index contributed by atoms with van der Waals surface area (Å²) in [5.74, 6) is 0.575. The lowest BCUT2D eigenvalue weighted by atomic mass is 9.84. The fraction of sp³-hybridized carbons (Fsp3) is 0.385. The molecular formula is C26H30N6OS. The van der Waals surface area contributed by atoms with Crippen LogP contribution in [0.5, 0.6) is 0 Å². The van der Waals surface area contributed by atoms with Crippen LogP contribution in [0.2, 0.25) is 0 Å². The SMILES string of the molecule is CN(C(=O)Cn1cccn1)[C@@H](Cc1ccccc1)C1CCN(Cc2ccc3nsnc3c2)CC1. The van der Waals surface area contributed by atoms with E-state index in [9.17, 15) is 4.79 Å². The van der Waals surface area contributed by atoms with Crippen LogP contribution in [-0.4, -0.2) is 60.4 Å². The van der Waals surface area contributed by atoms with Crippen molar-refractivity contribution < 1.29 is 4.79 Å². The highest BCUT2D eigenvalue weighted by molar-refractivity contribution is 7.00. The Morgan fingerprint density at radius 3 is 2.62 bits per heavy atom. The van der Waals surface area contributed by atoms with Gasteiger partial charge in [0.25, 0.3) is 0 Å². The molecule has 1 fully saturated rings. The lowest BCUT2D eigenvalue weighted by Gasteiger charge is -2.40. The van der Waals surface area contributed by atoms with Crippen LogP contribution in [-0.2, 0) is 24.3 Å². The van der Waals surface area contributed by atoms with E-state index in [1.54, 1.807) is 10.9 Å². The molecule has 1 aliphatic heterocycles. The molecule has 2 aromatic carbocycles. The van der Waals surface area contributed by atoms with Gasteiger partial charge in [-0.2, -0.15) is 13.8 Å². The van der Waals surface area contributed by atoms with Crippen molar-refractivity contribution in [2.24, 2.45) is 5.92 Å². The summed E-state index contributed by atoms with van der Waals surface area (Å²) < 4.78 is 10.4. The predicted molar refractivity (Wildman–Crippen MR) is 134 cm³/mol. The van der Waals surface area contributed by atoms with Gasteiger partial charge in [-0.3, -0.25) is 14.4 Å². The number of carbonyl (C=O) groups excluding carboxylic acids is 1. The zero-order valence-corrected chi connectivity index (χ0v) is 20.3. The second-order valence-corrected chi connectivity index (χ2v) is 9.69. The summed E-state index contributed by atoms with van der Waals surface area (Å²) in [6.45, 7) is 3.27. The van der Waals surface area contributed by atoms with Gasteiger partial charge in [0.1, 0.15) is 17.6 Å². The third-order valence-corrected chi connectivity index (χ3v) is 7.49. The Morgan fingerprint density at radius 1 is 1.06 bits per heavy atom. The molecule has 0 unspecified atom stereocenters. The molecule has 8 heteroatoms. The van der Waals surface area contributed by atoms with E-state index in [1.165, 1.54) is 22.9 Å². The predicted octanol–water partition coefficient (Wildman–Crippen LogP) is 3.87. The van der Waals surface area contributed by atoms with Crippen molar-refractivity contribution in [1.29, 1.82) is 0 Å². The number of fused-ring (bicyclic) bond motifs is 1. The van der Waals surface area contributed by atoms with E-state index < -0.39 is 0 Å². The summed E-state index contributed by atoms with van der Waals surface area (Å²) in [7, 11) is 1.96. The topological polar surface area (TPSA) is 67.2 Å². The highest BCUT2D eigenvalue weighted by Crippen LogP contribution is 2.28. The van der Waals surface area contributed by atoms with E-state index in [2.05, 4.69) is 61.2 Å². The first kappa shape index (κ1) is 22.7. The Morgan fingerprint density at radius 2 is 1.85 bits per heavy atom. The third kappa shape index (κ3) is 5.34. The molecule has 176 valence electrons. The Labute approximate surface area is 204 Å². The van der Waals surface area contributed by atoms with Crippen molar-refractivity contribution in [3.8, 4) is 0 Å². The largest absolute Gasteiger partial charge is 0.341 e. The number of amides is 1. The van der Waals surface area contributed by atoms with Crippen molar-refractivity contribution in [2.75, 3.05) is 20.1 Å². The van der Waals surface area contributed by atoms with Gasteiger partial charge >= 0.3 is 0 Å². The van der Waals surface area contributed by atoms with Crippen LogP contribution in [0.1, 0.15) is 24.0 Å². The monoisotopic (exact) mass is 474 g/mol. The average Bonchev–Trinajstić information content (AvgIpc) is 3.55. The Kier molecular flexibility index (Phi) is 6.97. The normalized spacial score (nSPS) is 16.0. The number of likely N-dealkylation sites (N-methyl/N-ethyl adjacent to an activating group) is 1. The number of nitrogens with zero attached hydrogens (tertiary/aromatic N) is 6. The molecule has 0 radical (unpaired) electrons. The molecule has 4 aromatic rings. The van der Waals surface area contributed by atoms with Gasteiger partial charge in [-0.15, -0.1) is 0 Å². The molecule has 0 N–H and O–H groups in total. The zero-order valence-electron chi connectivity index (χ0n) is 19.5. The zero-order chi connectivity index (χ0) is 23.3. The Bertz CT molecular complexity index is 1200. The maximum Gasteiger partial charge on any atom is 0.244 e. The van der Waals surface area contributed by atoms with Crippen molar-refractivity contribution in [3.63, 3.8) is 0 Å². The minimum absolute atomic E-state index is 0.109. The van der Waals surface area contributed by atoms with Gasteiger partial charge in [-0.25, -0.2) is 0 Å². The molecule has 0 spiro atoms. The van der Waals surface area contributed by atoms with Crippen LogP contribution in [0.4, 0.5) is 0 Å². The fourth-order valence-corrected chi connectivity index (χ4v) is 5.50. The quantitative estimate of drug-likeness (QED) is 0.388. The molecule has 7 nitrogen and oxygen atoms in total. The van der Waals surface area contributed by atoms with Crippen LogP contribution in [0.25, 0.3) is 11.0 Å². The standard InChI is InChI=1S/C26H30N6OS/c1-30(26(33)19-32-13-5-12-27-32)25(17-20-6-3-2-4-7-20)22-10-14-31(15-11-22)18-21-8-9-23-24(16-21)29-34-28-23/h2-9,12-13,16,22,25H,10-11,14-15,17-19H2,1H3/t25-/m0/s1. The fourth-order valence-electron chi connectivity index (χ4n) is 4.98. The van der Waals surface area contributed by atoms with Gasteiger partial charge in [0.15, 0.2) is 0 Å². The highest BCUT2D eigenvalue weighted by Gasteiger charge is 2.31. The number of carbonyl (C=O) groups is 1. The van der Waals surface area contributed by atoms with E-state index in [0.29, 0.717) is 5.92 Å². The molecule has 5 rings (SSSR count). The van der Waals surface area contributed by atoms with Gasteiger partial charge in [0.2, 0.25) is 5.91 Å². The van der Waals surface area contributed by atoms with Gasteiger partial charge in [-0.1, -0.05) is 36.4 Å². The van der Waals surface area contributed by atoms with Crippen molar-refractivity contribution in [3.05, 3.63) is 78.1 Å². The lowest BCUT2D eigenvalue weighted by molar-refractivity contribution is -0.134. The van der Waals surface area contributed by atoms with Crippen LogP contribution in [0.3, 0.4) is 0 Å². The molecule has 0 saturated carbocycles. The molecule has 1 saturated heterocycles. The lowest BCUT2D eigenvalue weighted by Crippen LogP contribution is -2.48. The molecule has 0 aliphatic carbocycles. The maximum absolute atomic E-state index is 13.1. The van der Waals surface area contributed by atoms with Gasteiger partial charge < -0.3 is 4.90 Å². The molecule has 1 atom stereocenters. The molecule has 0 bridgehead atoms. The number of hydrogen-bond donors (Lipinski definition) is 0. The van der Waals surface area contributed by atoms with Crippen molar-refractivity contribution in [1.82, 2.24) is 28.3 Å². The average molecular weight is 475 g/mol. The molecule has 2 aromatic heterocycles. The number of likely N-dealkylation sites (tertiary alicyclic amines) is 1.